The molecule has 1 atom stereocenters. The van der Waals surface area contributed by atoms with Gasteiger partial charge in [-0.2, -0.15) is 5.10 Å². The molecular formula is C24H26N4O2. The number of benzene rings is 2. The van der Waals surface area contributed by atoms with Crippen LogP contribution in [0, 0.1) is 0 Å². The molecule has 0 aliphatic heterocycles. The molecular weight excluding hydrogens is 376 g/mol. The Morgan fingerprint density at radius 2 is 1.80 bits per heavy atom. The Hall–Kier alpha value is -3.25. The fraction of sp³-hybridized carbons (Fsp3) is 0.292. The fourth-order valence-electron chi connectivity index (χ4n) is 3.56. The molecule has 0 amide bonds. The second kappa shape index (κ2) is 8.24. The van der Waals surface area contributed by atoms with Crippen LogP contribution in [0.1, 0.15) is 45.4 Å². The van der Waals surface area contributed by atoms with Gasteiger partial charge in [-0.3, -0.25) is 4.68 Å². The van der Waals surface area contributed by atoms with Gasteiger partial charge in [-0.25, -0.2) is 9.97 Å². The molecule has 0 aliphatic carbocycles. The van der Waals surface area contributed by atoms with Gasteiger partial charge in [-0.1, -0.05) is 30.3 Å². The Bertz CT molecular complexity index is 1170. The van der Waals surface area contributed by atoms with Gasteiger partial charge in [-0.15, -0.1) is 0 Å². The zero-order chi connectivity index (χ0) is 21.3. The van der Waals surface area contributed by atoms with Gasteiger partial charge in [0.15, 0.2) is 0 Å². The van der Waals surface area contributed by atoms with E-state index in [1.165, 1.54) is 0 Å². The van der Waals surface area contributed by atoms with E-state index in [0.29, 0.717) is 12.4 Å². The third kappa shape index (κ3) is 3.66. The predicted octanol–water partition coefficient (Wildman–Crippen LogP) is 5.19. The van der Waals surface area contributed by atoms with Crippen molar-refractivity contribution >= 4 is 10.9 Å². The van der Waals surface area contributed by atoms with E-state index in [1.54, 1.807) is 13.3 Å². The first-order valence-corrected chi connectivity index (χ1v) is 10.2. The van der Waals surface area contributed by atoms with Gasteiger partial charge in [0.1, 0.15) is 17.8 Å². The number of hydrogen-bond donors (Lipinski definition) is 1. The van der Waals surface area contributed by atoms with Crippen LogP contribution >= 0.6 is 0 Å². The summed E-state index contributed by atoms with van der Waals surface area (Å²) in [6, 6.07) is 14.1. The zero-order valence-electron chi connectivity index (χ0n) is 17.7. The Morgan fingerprint density at radius 3 is 2.47 bits per heavy atom. The number of nitrogens with zero attached hydrogens (tertiary/aromatic N) is 4. The molecule has 2 aromatic heterocycles. The van der Waals surface area contributed by atoms with Crippen molar-refractivity contribution in [2.75, 3.05) is 6.61 Å². The van der Waals surface area contributed by atoms with Crippen molar-refractivity contribution in [2.24, 2.45) is 0 Å². The van der Waals surface area contributed by atoms with Gasteiger partial charge in [0, 0.05) is 40.4 Å². The summed E-state index contributed by atoms with van der Waals surface area (Å²) in [5.74, 6) is 0.644. The molecule has 1 N–H and O–H groups in total. The number of aliphatic hydroxyl groups is 1. The van der Waals surface area contributed by atoms with Gasteiger partial charge in [0.25, 0.3) is 0 Å². The maximum atomic E-state index is 10.3. The lowest BCUT2D eigenvalue weighted by Gasteiger charge is -2.15. The fourth-order valence-corrected chi connectivity index (χ4v) is 3.56. The van der Waals surface area contributed by atoms with Crippen molar-refractivity contribution in [3.63, 3.8) is 0 Å². The topological polar surface area (TPSA) is 73.1 Å². The van der Waals surface area contributed by atoms with Crippen LogP contribution in [-0.4, -0.2) is 31.5 Å². The predicted molar refractivity (Wildman–Crippen MR) is 118 cm³/mol. The highest BCUT2D eigenvalue weighted by Gasteiger charge is 2.20. The first-order valence-electron chi connectivity index (χ1n) is 10.2. The van der Waals surface area contributed by atoms with Crippen LogP contribution in [0.3, 0.4) is 0 Å². The van der Waals surface area contributed by atoms with Crippen molar-refractivity contribution in [3.8, 4) is 28.3 Å². The Kier molecular flexibility index (Phi) is 5.50. The zero-order valence-corrected chi connectivity index (χ0v) is 17.7. The number of hydrogen-bond acceptors (Lipinski definition) is 5. The first kappa shape index (κ1) is 20.0. The van der Waals surface area contributed by atoms with Gasteiger partial charge in [-0.05, 0) is 33.8 Å². The smallest absolute Gasteiger partial charge is 0.127 e. The van der Waals surface area contributed by atoms with E-state index in [-0.39, 0.29) is 6.04 Å². The molecule has 0 radical (unpaired) electrons. The molecule has 0 spiro atoms. The Labute approximate surface area is 176 Å². The lowest BCUT2D eigenvalue weighted by Crippen LogP contribution is -2.01. The maximum absolute atomic E-state index is 10.3. The van der Waals surface area contributed by atoms with Crippen molar-refractivity contribution in [1.29, 1.82) is 0 Å². The number of aliphatic hydroxyl groups excluding tert-OH is 1. The minimum atomic E-state index is -0.670. The number of rotatable bonds is 6. The number of aromatic nitrogens is 4. The molecule has 2 aromatic carbocycles. The third-order valence-corrected chi connectivity index (χ3v) is 5.08. The summed E-state index contributed by atoms with van der Waals surface area (Å²) in [5, 5.41) is 16.0. The second-order valence-corrected chi connectivity index (χ2v) is 7.57. The van der Waals surface area contributed by atoms with E-state index < -0.39 is 6.10 Å². The molecule has 154 valence electrons. The van der Waals surface area contributed by atoms with Crippen LogP contribution in [0.5, 0.6) is 5.75 Å². The van der Waals surface area contributed by atoms with Crippen LogP contribution in [0.2, 0.25) is 0 Å². The molecule has 0 saturated carbocycles. The summed E-state index contributed by atoms with van der Waals surface area (Å²) in [4.78, 5) is 9.08. The van der Waals surface area contributed by atoms with Gasteiger partial charge in [0.05, 0.1) is 23.9 Å². The average molecular weight is 402 g/mol. The molecule has 0 unspecified atom stereocenters. The SMILES string of the molecule is CCOc1cc2ncnc(-c3cn(C(C)C)nc3-c3ccccc3)c2cc1[C@@H](C)O. The lowest BCUT2D eigenvalue weighted by molar-refractivity contribution is 0.192. The summed E-state index contributed by atoms with van der Waals surface area (Å²) in [6.45, 7) is 8.38. The summed E-state index contributed by atoms with van der Waals surface area (Å²) in [6.07, 6.45) is 2.93. The Balaban J connectivity index is 1.99. The van der Waals surface area contributed by atoms with Crippen LogP contribution in [0.25, 0.3) is 33.4 Å². The molecule has 4 rings (SSSR count). The van der Waals surface area contributed by atoms with Crippen molar-refractivity contribution in [2.45, 2.75) is 39.8 Å². The highest BCUT2D eigenvalue weighted by molar-refractivity contribution is 5.96. The minimum Gasteiger partial charge on any atom is -0.493 e. The number of ether oxygens (including phenoxy) is 1. The lowest BCUT2D eigenvalue weighted by atomic mass is 10.00. The monoisotopic (exact) mass is 402 g/mol. The van der Waals surface area contributed by atoms with Crippen molar-refractivity contribution in [1.82, 2.24) is 19.7 Å². The molecule has 6 heteroatoms. The van der Waals surface area contributed by atoms with E-state index in [0.717, 1.165) is 39.0 Å². The second-order valence-electron chi connectivity index (χ2n) is 7.57. The van der Waals surface area contributed by atoms with E-state index in [1.807, 2.05) is 60.3 Å². The largest absolute Gasteiger partial charge is 0.493 e. The summed E-state index contributed by atoms with van der Waals surface area (Å²) in [7, 11) is 0. The van der Waals surface area contributed by atoms with Gasteiger partial charge >= 0.3 is 0 Å². The van der Waals surface area contributed by atoms with Crippen molar-refractivity contribution < 1.29 is 9.84 Å². The normalized spacial score (nSPS) is 12.5. The minimum absolute atomic E-state index is 0.215. The van der Waals surface area contributed by atoms with E-state index in [2.05, 4.69) is 23.8 Å². The summed E-state index contributed by atoms with van der Waals surface area (Å²) in [5.41, 5.74) is 5.11. The summed E-state index contributed by atoms with van der Waals surface area (Å²) < 4.78 is 7.70. The molecule has 2 heterocycles. The van der Waals surface area contributed by atoms with Crippen LogP contribution in [0.4, 0.5) is 0 Å². The molecule has 0 saturated heterocycles. The maximum Gasteiger partial charge on any atom is 0.127 e. The van der Waals surface area contributed by atoms with Crippen LogP contribution in [0.15, 0.2) is 55.0 Å². The van der Waals surface area contributed by atoms with E-state index in [9.17, 15) is 5.11 Å². The first-order chi connectivity index (χ1) is 14.5. The molecule has 0 fully saturated rings. The molecule has 30 heavy (non-hydrogen) atoms. The molecule has 0 aliphatic rings. The van der Waals surface area contributed by atoms with E-state index in [4.69, 9.17) is 9.84 Å². The van der Waals surface area contributed by atoms with Gasteiger partial charge in [0.2, 0.25) is 0 Å². The van der Waals surface area contributed by atoms with Crippen LogP contribution in [-0.2, 0) is 0 Å². The van der Waals surface area contributed by atoms with Crippen LogP contribution < -0.4 is 4.74 Å². The summed E-state index contributed by atoms with van der Waals surface area (Å²) >= 11 is 0. The Morgan fingerprint density at radius 1 is 1.03 bits per heavy atom. The van der Waals surface area contributed by atoms with Crippen molar-refractivity contribution in [3.05, 3.63) is 60.6 Å². The number of fused-ring (bicyclic) bond motifs is 1. The molecule has 4 aromatic rings. The third-order valence-electron chi connectivity index (χ3n) is 5.08. The molecule has 0 bridgehead atoms. The van der Waals surface area contributed by atoms with Gasteiger partial charge < -0.3 is 9.84 Å². The average Bonchev–Trinajstić information content (AvgIpc) is 3.19. The highest BCUT2D eigenvalue weighted by Crippen LogP contribution is 2.37. The highest BCUT2D eigenvalue weighted by atomic mass is 16.5. The quantitative estimate of drug-likeness (QED) is 0.480. The van der Waals surface area contributed by atoms with E-state index >= 15 is 0 Å². The molecule has 6 nitrogen and oxygen atoms in total. The standard InChI is InChI=1S/C24H26N4O2/c1-5-30-22-12-21-19(11-18(22)16(4)29)24(26-14-25-21)20-13-28(15(2)3)27-23(20)17-9-7-6-8-10-17/h6-16,29H,5H2,1-4H3/t16-/m1/s1.